The molecule has 2 fully saturated rings. The van der Waals surface area contributed by atoms with Crippen LogP contribution in [0.1, 0.15) is 61.5 Å². The van der Waals surface area contributed by atoms with Crippen molar-refractivity contribution in [3.8, 4) is 11.5 Å². The SMILES string of the molecule is CCOc1ccc(C(=O)Nc2ccc(Nc3nc(N4CCCCC4)nc(N4CCCCC4)n3)cc2O)cc1.Cl.N.N.N.N.[HH].[HH].[HH].[HH]. The van der Waals surface area contributed by atoms with Gasteiger partial charge in [0.25, 0.3) is 5.91 Å². The number of benzene rings is 2. The first-order chi connectivity index (χ1) is 18.6. The Bertz CT molecular complexity index is 1240. The van der Waals surface area contributed by atoms with E-state index in [0.29, 0.717) is 47.1 Å². The van der Waals surface area contributed by atoms with Crippen LogP contribution in [0.5, 0.6) is 11.5 Å². The van der Waals surface area contributed by atoms with Crippen LogP contribution in [0, 0.1) is 0 Å². The van der Waals surface area contributed by atoms with Crippen LogP contribution in [0.2, 0.25) is 0 Å². The highest BCUT2D eigenvalue weighted by Crippen LogP contribution is 2.30. The van der Waals surface area contributed by atoms with Gasteiger partial charge in [0, 0.05) is 49.2 Å². The average Bonchev–Trinajstić information content (AvgIpc) is 2.96. The molecule has 15 N–H and O–H groups in total. The third kappa shape index (κ3) is 10.1. The number of nitrogens with zero attached hydrogens (tertiary/aromatic N) is 5. The smallest absolute Gasteiger partial charge is 0.255 e. The Morgan fingerprint density at radius 2 is 1.37 bits per heavy atom. The van der Waals surface area contributed by atoms with Gasteiger partial charge in [0.05, 0.1) is 12.3 Å². The molecule has 2 saturated heterocycles. The maximum absolute atomic E-state index is 12.7. The summed E-state index contributed by atoms with van der Waals surface area (Å²) in [5.74, 6) is 2.13. The summed E-state index contributed by atoms with van der Waals surface area (Å²) in [5.41, 5.74) is 1.39. The number of piperidine rings is 2. The zero-order chi connectivity index (χ0) is 26.3. The van der Waals surface area contributed by atoms with E-state index in [1.165, 1.54) is 12.8 Å². The number of rotatable bonds is 8. The molecule has 2 aliphatic heterocycles. The molecule has 2 aromatic carbocycles. The van der Waals surface area contributed by atoms with Gasteiger partial charge in [-0.15, -0.1) is 12.4 Å². The normalized spacial score (nSPS) is 13.9. The van der Waals surface area contributed by atoms with E-state index in [0.717, 1.165) is 51.9 Å². The molecule has 15 heteroatoms. The number of halogens is 1. The molecule has 3 aromatic rings. The largest absolute Gasteiger partial charge is 0.506 e. The number of ether oxygens (including phenoxy) is 1. The summed E-state index contributed by atoms with van der Waals surface area (Å²) < 4.78 is 5.43. The second-order valence-electron chi connectivity index (χ2n) is 9.62. The number of hydrogen-bond donors (Lipinski definition) is 7. The van der Waals surface area contributed by atoms with E-state index in [9.17, 15) is 9.90 Å². The Morgan fingerprint density at radius 3 is 1.86 bits per heavy atom. The zero-order valence-electron chi connectivity index (χ0n) is 25.1. The molecule has 0 unspecified atom stereocenters. The predicted octanol–water partition coefficient (Wildman–Crippen LogP) is 7.01. The van der Waals surface area contributed by atoms with Crippen LogP contribution < -0.4 is 49.8 Å². The van der Waals surface area contributed by atoms with Gasteiger partial charge in [0.15, 0.2) is 0 Å². The fourth-order valence-electron chi connectivity index (χ4n) is 4.79. The Labute approximate surface area is 265 Å². The lowest BCUT2D eigenvalue weighted by atomic mass is 10.1. The first-order valence-electron chi connectivity index (χ1n) is 13.5. The van der Waals surface area contributed by atoms with Crippen LogP contribution in [0.4, 0.5) is 29.2 Å². The van der Waals surface area contributed by atoms with Crippen molar-refractivity contribution in [3.63, 3.8) is 0 Å². The van der Waals surface area contributed by atoms with Gasteiger partial charge >= 0.3 is 0 Å². The lowest BCUT2D eigenvalue weighted by molar-refractivity contribution is 0.102. The Morgan fingerprint density at radius 1 is 0.837 bits per heavy atom. The molecule has 1 aromatic heterocycles. The van der Waals surface area contributed by atoms with E-state index in [-0.39, 0.29) is 54.4 Å². The maximum Gasteiger partial charge on any atom is 0.255 e. The van der Waals surface area contributed by atoms with Gasteiger partial charge in [-0.2, -0.15) is 15.0 Å². The summed E-state index contributed by atoms with van der Waals surface area (Å²) in [6.07, 6.45) is 6.98. The number of phenols is 1. The topological polar surface area (TPSA) is 256 Å². The molecule has 0 atom stereocenters. The van der Waals surface area contributed by atoms with Gasteiger partial charge in [-0.25, -0.2) is 0 Å². The molecule has 1 amide bonds. The van der Waals surface area contributed by atoms with Crippen LogP contribution >= 0.6 is 12.4 Å². The van der Waals surface area contributed by atoms with Crippen molar-refractivity contribution in [2.75, 3.05) is 53.2 Å². The third-order valence-electron chi connectivity index (χ3n) is 6.82. The van der Waals surface area contributed by atoms with Crippen LogP contribution in [0.3, 0.4) is 0 Å². The minimum absolute atomic E-state index is 0. The number of phenolic OH excluding ortho intramolecular Hbond substituents is 1. The van der Waals surface area contributed by atoms with E-state index in [4.69, 9.17) is 19.7 Å². The zero-order valence-corrected chi connectivity index (χ0v) is 25.9. The molecule has 0 spiro atoms. The molecule has 5 rings (SSSR count). The quantitative estimate of drug-likeness (QED) is 0.124. The molecule has 0 saturated carbocycles. The number of aromatic nitrogens is 3. The highest BCUT2D eigenvalue weighted by molar-refractivity contribution is 6.05. The molecule has 0 radical (unpaired) electrons. The van der Waals surface area contributed by atoms with E-state index < -0.39 is 0 Å². The Balaban J connectivity index is -0.000000653. The first kappa shape index (κ1) is 39.0. The summed E-state index contributed by atoms with van der Waals surface area (Å²) in [6, 6.07) is 11.9. The summed E-state index contributed by atoms with van der Waals surface area (Å²) in [6.45, 7) is 6.21. The van der Waals surface area contributed by atoms with Crippen molar-refractivity contribution in [1.82, 2.24) is 39.6 Å². The molecule has 14 nitrogen and oxygen atoms in total. The van der Waals surface area contributed by atoms with Gasteiger partial charge in [-0.3, -0.25) is 4.79 Å². The average molecular weight is 630 g/mol. The second kappa shape index (κ2) is 18.6. The predicted molar refractivity (Wildman–Crippen MR) is 185 cm³/mol. The highest BCUT2D eigenvalue weighted by atomic mass is 35.5. The van der Waals surface area contributed by atoms with E-state index >= 15 is 0 Å². The van der Waals surface area contributed by atoms with Crippen LogP contribution in [-0.2, 0) is 0 Å². The number of anilines is 5. The van der Waals surface area contributed by atoms with Crippen LogP contribution in [0.15, 0.2) is 42.5 Å². The molecular weight excluding hydrogens is 574 g/mol. The van der Waals surface area contributed by atoms with Gasteiger partial charge in [0.1, 0.15) is 11.5 Å². The number of amides is 1. The van der Waals surface area contributed by atoms with Crippen molar-refractivity contribution in [3.05, 3.63) is 48.0 Å². The number of nitrogens with one attached hydrogen (secondary N) is 2. The molecular formula is C28H56ClN11O3. The fourth-order valence-corrected chi connectivity index (χ4v) is 4.79. The molecule has 248 valence electrons. The Kier molecular flexibility index (Phi) is 16.9. The van der Waals surface area contributed by atoms with Crippen molar-refractivity contribution < 1.29 is 20.3 Å². The molecule has 43 heavy (non-hydrogen) atoms. The molecule has 3 heterocycles. The van der Waals surface area contributed by atoms with E-state index in [1.807, 2.05) is 6.92 Å². The van der Waals surface area contributed by atoms with Crippen molar-refractivity contribution >= 4 is 47.5 Å². The van der Waals surface area contributed by atoms with Gasteiger partial charge in [-0.1, -0.05) is 0 Å². The lowest BCUT2D eigenvalue weighted by Crippen LogP contribution is -2.34. The summed E-state index contributed by atoms with van der Waals surface area (Å²) >= 11 is 0. The summed E-state index contributed by atoms with van der Waals surface area (Å²) in [4.78, 5) is 31.4. The van der Waals surface area contributed by atoms with E-state index in [1.54, 1.807) is 42.5 Å². The van der Waals surface area contributed by atoms with Gasteiger partial charge in [-0.05, 0) is 81.8 Å². The fraction of sp³-hybridized carbons (Fsp3) is 0.429. The maximum atomic E-state index is 12.7. The van der Waals surface area contributed by atoms with Crippen LogP contribution in [0.25, 0.3) is 0 Å². The molecule has 0 bridgehead atoms. The standard InChI is InChI=1S/C28H35N7O3.ClH.4H3N.4H2/c1-2-38-22-12-9-20(10-13-22)25(37)30-23-14-11-21(19-24(23)36)29-26-31-27(34-15-5-3-6-16-34)33-28(32-26)35-17-7-4-8-18-35;;;;;;;;;/h9-14,19,36H,2-8,15-18H2,1H3,(H,30,37)(H,29,31,32,33);1H;4*1H3;4*1H. The van der Waals surface area contributed by atoms with Crippen LogP contribution in [-0.4, -0.2) is 58.8 Å². The number of hydrogen-bond acceptors (Lipinski definition) is 13. The summed E-state index contributed by atoms with van der Waals surface area (Å²) in [5, 5.41) is 16.6. The number of carbonyl (C=O) groups excluding carboxylic acids is 1. The number of aromatic hydroxyl groups is 1. The summed E-state index contributed by atoms with van der Waals surface area (Å²) in [7, 11) is 0. The highest BCUT2D eigenvalue weighted by Gasteiger charge is 2.20. The molecule has 2 aliphatic rings. The van der Waals surface area contributed by atoms with Gasteiger partial charge < -0.3 is 54.9 Å². The third-order valence-corrected chi connectivity index (χ3v) is 6.82. The monoisotopic (exact) mass is 629 g/mol. The first-order valence-corrected chi connectivity index (χ1v) is 13.5. The lowest BCUT2D eigenvalue weighted by Gasteiger charge is -2.30. The van der Waals surface area contributed by atoms with Crippen molar-refractivity contribution in [2.24, 2.45) is 0 Å². The minimum atomic E-state index is -0.320. The minimum Gasteiger partial charge on any atom is -0.506 e. The second-order valence-corrected chi connectivity index (χ2v) is 9.62. The Hall–Kier alpha value is -3.95. The van der Waals surface area contributed by atoms with Crippen molar-refractivity contribution in [1.29, 1.82) is 0 Å². The van der Waals surface area contributed by atoms with E-state index in [2.05, 4.69) is 20.4 Å². The van der Waals surface area contributed by atoms with Gasteiger partial charge in [0.2, 0.25) is 17.8 Å². The number of carbonyl (C=O) groups is 1. The van der Waals surface area contributed by atoms with Crippen molar-refractivity contribution in [2.45, 2.75) is 45.4 Å². The molecule has 0 aliphatic carbocycles.